The average molecular weight is 170 g/mol. The van der Waals surface area contributed by atoms with Gasteiger partial charge in [-0.25, -0.2) is 0 Å². The van der Waals surface area contributed by atoms with Crippen LogP contribution in [-0.2, 0) is 6.42 Å². The molecule has 0 saturated carbocycles. The Labute approximate surface area is 71.4 Å². The third-order valence-electron chi connectivity index (χ3n) is 1.56. The molecule has 0 spiro atoms. The largest absolute Gasteiger partial charge is 0.504 e. The SMILES string of the molecule is CCc1nc(C)cc(N)c1O.O. The number of nitrogen functional groups attached to an aromatic ring is 1. The van der Waals surface area contributed by atoms with Crippen molar-refractivity contribution in [3.05, 3.63) is 17.5 Å². The van der Waals surface area contributed by atoms with Crippen LogP contribution < -0.4 is 5.73 Å². The van der Waals surface area contributed by atoms with Crippen LogP contribution in [-0.4, -0.2) is 15.6 Å². The molecule has 1 aromatic heterocycles. The van der Waals surface area contributed by atoms with Crippen molar-refractivity contribution < 1.29 is 10.6 Å². The van der Waals surface area contributed by atoms with Crippen molar-refractivity contribution in [3.8, 4) is 5.75 Å². The Morgan fingerprint density at radius 1 is 1.58 bits per heavy atom. The van der Waals surface area contributed by atoms with Crippen molar-refractivity contribution in [1.29, 1.82) is 0 Å². The predicted octanol–water partition coefficient (Wildman–Crippen LogP) is 0.416. The van der Waals surface area contributed by atoms with E-state index in [1.54, 1.807) is 6.07 Å². The Kier molecular flexibility index (Phi) is 3.50. The fraction of sp³-hybridized carbons (Fsp3) is 0.375. The normalized spacial score (nSPS) is 9.17. The van der Waals surface area contributed by atoms with Gasteiger partial charge in [-0.05, 0) is 19.4 Å². The van der Waals surface area contributed by atoms with E-state index in [0.717, 1.165) is 5.69 Å². The third-order valence-corrected chi connectivity index (χ3v) is 1.56. The summed E-state index contributed by atoms with van der Waals surface area (Å²) in [5.41, 5.74) is 7.43. The molecule has 1 rings (SSSR count). The Hall–Kier alpha value is -1.29. The van der Waals surface area contributed by atoms with Crippen LogP contribution in [0.4, 0.5) is 5.69 Å². The summed E-state index contributed by atoms with van der Waals surface area (Å²) >= 11 is 0. The fourth-order valence-corrected chi connectivity index (χ4v) is 1.00. The Bertz CT molecular complexity index is 274. The number of hydrogen-bond donors (Lipinski definition) is 2. The highest BCUT2D eigenvalue weighted by atomic mass is 16.3. The van der Waals surface area contributed by atoms with Gasteiger partial charge in [-0.15, -0.1) is 0 Å². The third kappa shape index (κ3) is 1.85. The molecule has 0 aliphatic heterocycles. The van der Waals surface area contributed by atoms with Crippen molar-refractivity contribution in [2.45, 2.75) is 20.3 Å². The summed E-state index contributed by atoms with van der Waals surface area (Å²) in [7, 11) is 0. The van der Waals surface area contributed by atoms with Gasteiger partial charge in [0.25, 0.3) is 0 Å². The van der Waals surface area contributed by atoms with Gasteiger partial charge in [0.2, 0.25) is 0 Å². The van der Waals surface area contributed by atoms with Crippen molar-refractivity contribution >= 4 is 5.69 Å². The molecule has 12 heavy (non-hydrogen) atoms. The highest BCUT2D eigenvalue weighted by molar-refractivity contribution is 5.54. The molecule has 1 aromatic rings. The number of hydrogen-bond acceptors (Lipinski definition) is 3. The number of nitrogens with zero attached hydrogens (tertiary/aromatic N) is 1. The van der Waals surface area contributed by atoms with Gasteiger partial charge in [0.05, 0.1) is 11.4 Å². The van der Waals surface area contributed by atoms with Crippen molar-refractivity contribution in [2.75, 3.05) is 5.73 Å². The van der Waals surface area contributed by atoms with Crippen LogP contribution in [0.5, 0.6) is 5.75 Å². The lowest BCUT2D eigenvalue weighted by molar-refractivity contribution is 0.467. The highest BCUT2D eigenvalue weighted by Gasteiger charge is 2.04. The van der Waals surface area contributed by atoms with E-state index in [2.05, 4.69) is 4.98 Å². The summed E-state index contributed by atoms with van der Waals surface area (Å²) < 4.78 is 0. The summed E-state index contributed by atoms with van der Waals surface area (Å²) in [5, 5.41) is 9.33. The molecule has 0 aliphatic rings. The topological polar surface area (TPSA) is 90.6 Å². The lowest BCUT2D eigenvalue weighted by Gasteiger charge is -2.04. The quantitative estimate of drug-likeness (QED) is 0.639. The zero-order valence-corrected chi connectivity index (χ0v) is 7.26. The number of aromatic nitrogens is 1. The van der Waals surface area contributed by atoms with Gasteiger partial charge in [0, 0.05) is 5.69 Å². The molecule has 5 N–H and O–H groups in total. The molecular weight excluding hydrogens is 156 g/mol. The minimum absolute atomic E-state index is 0. The number of nitrogens with two attached hydrogens (primary N) is 1. The van der Waals surface area contributed by atoms with Crippen molar-refractivity contribution in [1.82, 2.24) is 4.98 Å². The molecule has 0 radical (unpaired) electrons. The van der Waals surface area contributed by atoms with Gasteiger partial charge >= 0.3 is 0 Å². The fourth-order valence-electron chi connectivity index (χ4n) is 1.00. The first-order valence-corrected chi connectivity index (χ1v) is 3.60. The molecular formula is C8H14N2O2. The van der Waals surface area contributed by atoms with Gasteiger partial charge in [-0.1, -0.05) is 6.92 Å². The average Bonchev–Trinajstić information content (AvgIpc) is 1.96. The maximum Gasteiger partial charge on any atom is 0.160 e. The molecule has 1 heterocycles. The van der Waals surface area contributed by atoms with Crippen molar-refractivity contribution in [3.63, 3.8) is 0 Å². The zero-order valence-electron chi connectivity index (χ0n) is 7.26. The molecule has 0 saturated heterocycles. The van der Waals surface area contributed by atoms with E-state index < -0.39 is 0 Å². The molecule has 0 aromatic carbocycles. The van der Waals surface area contributed by atoms with Gasteiger partial charge in [-0.2, -0.15) is 0 Å². The van der Waals surface area contributed by atoms with E-state index in [1.807, 2.05) is 13.8 Å². The Morgan fingerprint density at radius 3 is 2.67 bits per heavy atom. The second-order valence-corrected chi connectivity index (χ2v) is 2.50. The van der Waals surface area contributed by atoms with E-state index in [9.17, 15) is 5.11 Å². The molecule has 0 bridgehead atoms. The molecule has 4 heteroatoms. The van der Waals surface area contributed by atoms with Crippen LogP contribution in [0, 0.1) is 6.92 Å². The summed E-state index contributed by atoms with van der Waals surface area (Å²) in [6.07, 6.45) is 0.706. The Balaban J connectivity index is 0.00000121. The van der Waals surface area contributed by atoms with Crippen LogP contribution >= 0.6 is 0 Å². The standard InChI is InChI=1S/C8H12N2O.H2O/c1-3-7-8(11)6(9)4-5(2)10-7;/h4,11H,3H2,1-2H3,(H2,9,10);1H2. The van der Waals surface area contributed by atoms with Crippen molar-refractivity contribution in [2.24, 2.45) is 0 Å². The second-order valence-electron chi connectivity index (χ2n) is 2.50. The molecule has 0 aliphatic carbocycles. The maximum absolute atomic E-state index is 9.33. The number of pyridine rings is 1. The van der Waals surface area contributed by atoms with E-state index in [0.29, 0.717) is 17.8 Å². The van der Waals surface area contributed by atoms with Gasteiger partial charge in [-0.3, -0.25) is 4.98 Å². The highest BCUT2D eigenvalue weighted by Crippen LogP contribution is 2.23. The van der Waals surface area contributed by atoms with E-state index in [-0.39, 0.29) is 11.2 Å². The molecule has 0 unspecified atom stereocenters. The monoisotopic (exact) mass is 170 g/mol. The van der Waals surface area contributed by atoms with Gasteiger partial charge < -0.3 is 16.3 Å². The van der Waals surface area contributed by atoms with Gasteiger partial charge in [0.1, 0.15) is 0 Å². The van der Waals surface area contributed by atoms with Crippen LogP contribution in [0.1, 0.15) is 18.3 Å². The molecule has 0 amide bonds. The van der Waals surface area contributed by atoms with E-state index in [1.165, 1.54) is 0 Å². The minimum atomic E-state index is 0. The van der Waals surface area contributed by atoms with Crippen LogP contribution in [0.15, 0.2) is 6.07 Å². The first kappa shape index (κ1) is 10.7. The summed E-state index contributed by atoms with van der Waals surface area (Å²) in [6, 6.07) is 1.66. The van der Waals surface area contributed by atoms with E-state index in [4.69, 9.17) is 5.73 Å². The first-order chi connectivity index (χ1) is 5.15. The molecule has 0 atom stereocenters. The van der Waals surface area contributed by atoms with Crippen LogP contribution in [0.3, 0.4) is 0 Å². The first-order valence-electron chi connectivity index (χ1n) is 3.60. The van der Waals surface area contributed by atoms with Crippen LogP contribution in [0.2, 0.25) is 0 Å². The summed E-state index contributed by atoms with van der Waals surface area (Å²) in [4.78, 5) is 4.12. The molecule has 68 valence electrons. The second kappa shape index (κ2) is 3.92. The number of anilines is 1. The Morgan fingerprint density at radius 2 is 2.17 bits per heavy atom. The zero-order chi connectivity index (χ0) is 8.43. The smallest absolute Gasteiger partial charge is 0.160 e. The number of aromatic hydroxyl groups is 1. The summed E-state index contributed by atoms with van der Waals surface area (Å²) in [5.74, 6) is 0.123. The predicted molar refractivity (Wildman–Crippen MR) is 48.0 cm³/mol. The minimum Gasteiger partial charge on any atom is -0.504 e. The van der Waals surface area contributed by atoms with Gasteiger partial charge in [0.15, 0.2) is 5.75 Å². The van der Waals surface area contributed by atoms with Crippen LogP contribution in [0.25, 0.3) is 0 Å². The lowest BCUT2D eigenvalue weighted by Crippen LogP contribution is -1.95. The molecule has 4 nitrogen and oxygen atoms in total. The number of rotatable bonds is 1. The number of aryl methyl sites for hydroxylation is 2. The van der Waals surface area contributed by atoms with E-state index >= 15 is 0 Å². The molecule has 0 fully saturated rings. The maximum atomic E-state index is 9.33. The summed E-state index contributed by atoms with van der Waals surface area (Å²) in [6.45, 7) is 3.79. The lowest BCUT2D eigenvalue weighted by atomic mass is 10.2.